The summed E-state index contributed by atoms with van der Waals surface area (Å²) in [5.74, 6) is -1.26. The summed E-state index contributed by atoms with van der Waals surface area (Å²) in [6, 6.07) is -0.861. The molecule has 7 heteroatoms. The van der Waals surface area contributed by atoms with Crippen LogP contribution < -0.4 is 11.1 Å². The van der Waals surface area contributed by atoms with E-state index >= 15 is 0 Å². The highest BCUT2D eigenvalue weighted by Crippen LogP contribution is 2.19. The van der Waals surface area contributed by atoms with E-state index in [2.05, 4.69) is 92.1 Å². The van der Waals surface area contributed by atoms with E-state index < -0.39 is 12.0 Å². The number of carbonyl (C=O) groups is 3. The normalized spacial score (nSPS) is 13.2. The second-order valence-electron chi connectivity index (χ2n) is 16.5. The van der Waals surface area contributed by atoms with Crippen molar-refractivity contribution in [2.45, 2.75) is 238 Å². The van der Waals surface area contributed by atoms with Gasteiger partial charge in [0.15, 0.2) is 0 Å². The molecule has 0 saturated carbocycles. The number of nitrogens with one attached hydrogen (secondary N) is 1. The monoisotopic (exact) mass is 837 g/mol. The number of amides is 1. The lowest BCUT2D eigenvalue weighted by atomic mass is 10.0. The summed E-state index contributed by atoms with van der Waals surface area (Å²) in [4.78, 5) is 36.5. The Morgan fingerprint density at radius 3 is 1.38 bits per heavy atom. The average molecular weight is 837 g/mol. The predicted octanol–water partition coefficient (Wildman–Crippen LogP) is 14.7. The van der Waals surface area contributed by atoms with Gasteiger partial charge in [-0.15, -0.1) is 0 Å². The van der Waals surface area contributed by atoms with Crippen LogP contribution in [0.25, 0.3) is 0 Å². The summed E-state index contributed by atoms with van der Waals surface area (Å²) < 4.78 is 6.06. The lowest BCUT2D eigenvalue weighted by molar-refractivity contribution is -0.150. The molecule has 4 N–H and O–H groups in total. The predicted molar refractivity (Wildman–Crippen MR) is 257 cm³/mol. The van der Waals surface area contributed by atoms with E-state index in [1.165, 1.54) is 64.2 Å². The van der Waals surface area contributed by atoms with Gasteiger partial charge < -0.3 is 20.9 Å². The number of nitrogens with two attached hydrogens (primary N) is 1. The van der Waals surface area contributed by atoms with Crippen LogP contribution in [0.4, 0.5) is 0 Å². The molecule has 0 aliphatic rings. The second-order valence-corrected chi connectivity index (χ2v) is 16.5. The number of esters is 1. The Balaban J connectivity index is 4.30. The van der Waals surface area contributed by atoms with Gasteiger partial charge in [0.1, 0.15) is 12.1 Å². The summed E-state index contributed by atoms with van der Waals surface area (Å²) in [6.45, 7) is 4.83. The number of allylic oxidation sites excluding steroid dienone is 12. The van der Waals surface area contributed by atoms with Crippen LogP contribution >= 0.6 is 0 Å². The first-order valence-electron chi connectivity index (χ1n) is 24.8. The van der Waals surface area contributed by atoms with E-state index in [1.807, 2.05) is 0 Å². The Labute approximate surface area is 369 Å². The third-order valence-electron chi connectivity index (χ3n) is 10.8. The molecule has 1 amide bonds. The largest absolute Gasteiger partial charge is 0.480 e. The summed E-state index contributed by atoms with van der Waals surface area (Å²) in [5.41, 5.74) is 5.49. The SMILES string of the molecule is CC/C=C\C/C=C\C/C=C\C/C=C\C/C=C\C/C=C\CCCCCCC(=O)OC(CCCCCCCCCCCCC)CCCCCCCC(=O)NC(CCCN)C(=O)O. The van der Waals surface area contributed by atoms with Gasteiger partial charge in [-0.25, -0.2) is 4.79 Å². The van der Waals surface area contributed by atoms with Crippen molar-refractivity contribution in [1.82, 2.24) is 5.32 Å². The molecule has 0 radical (unpaired) electrons. The maximum Gasteiger partial charge on any atom is 0.326 e. The number of hydrogen-bond acceptors (Lipinski definition) is 5. The summed E-state index contributed by atoms with van der Waals surface area (Å²) in [5, 5.41) is 12.0. The molecule has 0 bridgehead atoms. The number of ether oxygens (including phenoxy) is 1. The third kappa shape index (κ3) is 42.9. The van der Waals surface area contributed by atoms with Crippen LogP contribution in [0, 0.1) is 0 Å². The molecule has 0 fully saturated rings. The van der Waals surface area contributed by atoms with Gasteiger partial charge in [-0.05, 0) is 109 Å². The standard InChI is InChI=1S/C53H92N2O5/c1-3-5-7-9-11-13-15-16-17-18-19-20-21-22-23-24-25-26-28-30-32-37-41-47-52(57)60-49(43-38-34-31-29-27-14-12-10-8-6-4-2)44-39-35-33-36-40-46-51(56)55-50(53(58)59)45-42-48-54/h5,7,11,13,16-17,19-20,22-23,25-26,49-50H,3-4,6,8-10,12,14-15,18,21,24,27-48,54H2,1-2H3,(H,55,56)(H,58,59)/b7-5-,13-11-,17-16-,20-19-,23-22-,26-25-. The zero-order valence-electron chi connectivity index (χ0n) is 38.8. The van der Waals surface area contributed by atoms with E-state index in [0.29, 0.717) is 32.2 Å². The van der Waals surface area contributed by atoms with E-state index in [-0.39, 0.29) is 18.0 Å². The van der Waals surface area contributed by atoms with Crippen LogP contribution in [0.1, 0.15) is 226 Å². The Hall–Kier alpha value is -3.19. The fraction of sp³-hybridized carbons (Fsp3) is 0.717. The molecular weight excluding hydrogens is 745 g/mol. The molecule has 0 aliphatic heterocycles. The Bertz CT molecular complexity index is 1170. The molecule has 60 heavy (non-hydrogen) atoms. The Morgan fingerprint density at radius 2 is 0.917 bits per heavy atom. The third-order valence-corrected chi connectivity index (χ3v) is 10.8. The van der Waals surface area contributed by atoms with Crippen molar-refractivity contribution in [3.8, 4) is 0 Å². The van der Waals surface area contributed by atoms with Crippen molar-refractivity contribution < 1.29 is 24.2 Å². The minimum atomic E-state index is -1.01. The van der Waals surface area contributed by atoms with Crippen molar-refractivity contribution in [3.63, 3.8) is 0 Å². The maximum atomic E-state index is 12.9. The van der Waals surface area contributed by atoms with Crippen molar-refractivity contribution in [2.24, 2.45) is 5.73 Å². The number of carbonyl (C=O) groups excluding carboxylic acids is 2. The molecule has 0 saturated heterocycles. The number of aliphatic carboxylic acids is 1. The van der Waals surface area contributed by atoms with E-state index in [9.17, 15) is 19.5 Å². The van der Waals surface area contributed by atoms with Gasteiger partial charge in [0.25, 0.3) is 0 Å². The summed E-state index contributed by atoms with van der Waals surface area (Å²) in [7, 11) is 0. The van der Waals surface area contributed by atoms with Gasteiger partial charge in [-0.1, -0.05) is 183 Å². The van der Waals surface area contributed by atoms with Gasteiger partial charge in [0.2, 0.25) is 5.91 Å². The van der Waals surface area contributed by atoms with E-state index in [0.717, 1.165) is 122 Å². The molecule has 344 valence electrons. The molecule has 0 aromatic carbocycles. The van der Waals surface area contributed by atoms with Crippen LogP contribution in [0.3, 0.4) is 0 Å². The van der Waals surface area contributed by atoms with E-state index in [1.54, 1.807) is 0 Å². The lowest BCUT2D eigenvalue weighted by Gasteiger charge is -2.18. The van der Waals surface area contributed by atoms with Gasteiger partial charge >= 0.3 is 11.9 Å². The molecular formula is C53H92N2O5. The number of carboxylic acid groups (broad SMARTS) is 1. The van der Waals surface area contributed by atoms with Crippen LogP contribution in [-0.4, -0.2) is 41.6 Å². The molecule has 2 unspecified atom stereocenters. The molecule has 0 heterocycles. The molecule has 0 aliphatic carbocycles. The van der Waals surface area contributed by atoms with Gasteiger partial charge in [-0.2, -0.15) is 0 Å². The van der Waals surface area contributed by atoms with Crippen LogP contribution in [0.5, 0.6) is 0 Å². The molecule has 0 rings (SSSR count). The van der Waals surface area contributed by atoms with Gasteiger partial charge in [0.05, 0.1) is 0 Å². The highest BCUT2D eigenvalue weighted by molar-refractivity contribution is 5.83. The lowest BCUT2D eigenvalue weighted by Crippen LogP contribution is -2.40. The minimum absolute atomic E-state index is 0.00332. The van der Waals surface area contributed by atoms with Crippen LogP contribution in [0.15, 0.2) is 72.9 Å². The van der Waals surface area contributed by atoms with E-state index in [4.69, 9.17) is 10.5 Å². The number of rotatable bonds is 44. The maximum absolute atomic E-state index is 12.9. The number of carboxylic acids is 1. The quantitative estimate of drug-likeness (QED) is 0.0319. The Kier molecular flexibility index (Phi) is 44.4. The highest BCUT2D eigenvalue weighted by Gasteiger charge is 2.19. The molecule has 0 aromatic rings. The average Bonchev–Trinajstić information content (AvgIpc) is 3.23. The fourth-order valence-electron chi connectivity index (χ4n) is 7.10. The fourth-order valence-corrected chi connectivity index (χ4v) is 7.10. The van der Waals surface area contributed by atoms with Crippen molar-refractivity contribution >= 4 is 17.8 Å². The molecule has 0 spiro atoms. The van der Waals surface area contributed by atoms with Crippen molar-refractivity contribution in [3.05, 3.63) is 72.9 Å². The first-order chi connectivity index (χ1) is 29.4. The summed E-state index contributed by atoms with van der Waals surface area (Å²) >= 11 is 0. The highest BCUT2D eigenvalue weighted by atomic mass is 16.5. The first-order valence-corrected chi connectivity index (χ1v) is 24.8. The van der Waals surface area contributed by atoms with Crippen molar-refractivity contribution in [2.75, 3.05) is 6.54 Å². The summed E-state index contributed by atoms with van der Waals surface area (Å²) in [6.07, 6.45) is 60.9. The van der Waals surface area contributed by atoms with Crippen LogP contribution in [-0.2, 0) is 19.1 Å². The zero-order chi connectivity index (χ0) is 43.8. The second kappa shape index (κ2) is 46.9. The van der Waals surface area contributed by atoms with Gasteiger partial charge in [0, 0.05) is 12.8 Å². The molecule has 0 aromatic heterocycles. The van der Waals surface area contributed by atoms with Gasteiger partial charge in [-0.3, -0.25) is 9.59 Å². The topological polar surface area (TPSA) is 119 Å². The molecule has 2 atom stereocenters. The first kappa shape index (κ1) is 56.8. The van der Waals surface area contributed by atoms with Crippen LogP contribution in [0.2, 0.25) is 0 Å². The molecule has 7 nitrogen and oxygen atoms in total. The smallest absolute Gasteiger partial charge is 0.326 e. The number of hydrogen-bond donors (Lipinski definition) is 3. The van der Waals surface area contributed by atoms with Crippen molar-refractivity contribution in [1.29, 1.82) is 0 Å². The zero-order valence-corrected chi connectivity index (χ0v) is 38.8. The Morgan fingerprint density at radius 1 is 0.500 bits per heavy atom. The number of unbranched alkanes of at least 4 members (excludes halogenated alkanes) is 18. The minimum Gasteiger partial charge on any atom is -0.480 e.